The molecular weight excluding hydrogens is 374 g/mol. The molecular formula is C25H35N3O2. The quantitative estimate of drug-likeness (QED) is 0.424. The summed E-state index contributed by atoms with van der Waals surface area (Å²) >= 11 is 0. The maximum Gasteiger partial charge on any atom is 0.320 e. The smallest absolute Gasteiger partial charge is 0.320 e. The molecule has 0 amide bonds. The second-order valence-corrected chi connectivity index (χ2v) is 8.34. The van der Waals surface area contributed by atoms with Gasteiger partial charge < -0.3 is 10.4 Å². The van der Waals surface area contributed by atoms with Gasteiger partial charge in [-0.05, 0) is 56.2 Å². The van der Waals surface area contributed by atoms with E-state index >= 15 is 0 Å². The van der Waals surface area contributed by atoms with Crippen LogP contribution in [0.2, 0.25) is 0 Å². The highest BCUT2D eigenvalue weighted by Crippen LogP contribution is 2.21. The van der Waals surface area contributed by atoms with Gasteiger partial charge >= 0.3 is 5.97 Å². The highest BCUT2D eigenvalue weighted by molar-refractivity contribution is 5.73. The Morgan fingerprint density at radius 1 is 1.10 bits per heavy atom. The molecule has 0 fully saturated rings. The maximum atomic E-state index is 11.6. The van der Waals surface area contributed by atoms with Crippen molar-refractivity contribution in [2.24, 2.45) is 0 Å². The van der Waals surface area contributed by atoms with E-state index in [1.165, 1.54) is 17.7 Å². The van der Waals surface area contributed by atoms with Gasteiger partial charge in [-0.3, -0.25) is 10.1 Å². The lowest BCUT2D eigenvalue weighted by atomic mass is 10.0. The molecule has 0 saturated carbocycles. The number of rotatable bonds is 12. The van der Waals surface area contributed by atoms with Crippen LogP contribution in [0.5, 0.6) is 0 Å². The number of hydrogen-bond donors (Lipinski definition) is 3. The van der Waals surface area contributed by atoms with Gasteiger partial charge in [0.15, 0.2) is 0 Å². The Hall–Kier alpha value is -2.40. The van der Waals surface area contributed by atoms with Crippen LogP contribution in [0.15, 0.2) is 42.5 Å². The van der Waals surface area contributed by atoms with E-state index in [0.29, 0.717) is 6.42 Å². The van der Waals surface area contributed by atoms with Crippen LogP contribution in [0.1, 0.15) is 74.7 Å². The minimum atomic E-state index is -0.759. The number of carbonyl (C=O) groups is 1. The summed E-state index contributed by atoms with van der Waals surface area (Å²) in [5, 5.41) is 16.2. The minimum absolute atomic E-state index is 0.0332. The zero-order valence-electron chi connectivity index (χ0n) is 18.1. The standard InChI is InChI=1S/C25H35N3O2/c1-19(20-11-6-5-7-12-20)27-23(25(29)30)15-9-4-2-3-8-14-22-17-16-21-13-10-18-26-24(21)28-22/h5-7,11-12,16-17,19,23,27H,2-4,8-10,13-15,18H2,1H3,(H,26,28)(H,29,30)/t19-,23?/m0/s1. The summed E-state index contributed by atoms with van der Waals surface area (Å²) < 4.78 is 0. The van der Waals surface area contributed by atoms with E-state index in [1.807, 2.05) is 37.3 Å². The number of anilines is 1. The van der Waals surface area contributed by atoms with Crippen molar-refractivity contribution in [3.05, 3.63) is 59.3 Å². The van der Waals surface area contributed by atoms with E-state index in [4.69, 9.17) is 4.98 Å². The number of unbranched alkanes of at least 4 members (excludes halogenated alkanes) is 4. The molecule has 0 spiro atoms. The third-order valence-corrected chi connectivity index (χ3v) is 5.93. The molecule has 3 N–H and O–H groups in total. The topological polar surface area (TPSA) is 74.2 Å². The Labute approximate surface area is 180 Å². The van der Waals surface area contributed by atoms with Crippen molar-refractivity contribution >= 4 is 11.8 Å². The van der Waals surface area contributed by atoms with Gasteiger partial charge in [0.2, 0.25) is 0 Å². The Bertz CT molecular complexity index is 794. The summed E-state index contributed by atoms with van der Waals surface area (Å²) in [7, 11) is 0. The van der Waals surface area contributed by atoms with Gasteiger partial charge in [-0.2, -0.15) is 0 Å². The van der Waals surface area contributed by atoms with Crippen molar-refractivity contribution in [3.8, 4) is 0 Å². The Kier molecular flexibility index (Phi) is 8.69. The van der Waals surface area contributed by atoms with Crippen molar-refractivity contribution in [2.75, 3.05) is 11.9 Å². The van der Waals surface area contributed by atoms with Gasteiger partial charge in [0.25, 0.3) is 0 Å². The van der Waals surface area contributed by atoms with Gasteiger partial charge in [-0.25, -0.2) is 4.98 Å². The summed E-state index contributed by atoms with van der Waals surface area (Å²) in [5.74, 6) is 0.320. The first-order valence-electron chi connectivity index (χ1n) is 11.4. The predicted octanol–water partition coefficient (Wildman–Crippen LogP) is 5.13. The number of carboxylic acids is 1. The molecule has 2 heterocycles. The van der Waals surface area contributed by atoms with E-state index in [9.17, 15) is 9.90 Å². The average Bonchev–Trinajstić information content (AvgIpc) is 2.77. The predicted molar refractivity (Wildman–Crippen MR) is 122 cm³/mol. The fraction of sp³-hybridized carbons (Fsp3) is 0.520. The number of fused-ring (bicyclic) bond motifs is 1. The van der Waals surface area contributed by atoms with Gasteiger partial charge in [0, 0.05) is 18.3 Å². The van der Waals surface area contributed by atoms with Crippen molar-refractivity contribution in [1.82, 2.24) is 10.3 Å². The normalized spacial score (nSPS) is 15.1. The molecule has 162 valence electrons. The molecule has 3 rings (SSSR count). The second-order valence-electron chi connectivity index (χ2n) is 8.34. The van der Waals surface area contributed by atoms with Crippen LogP contribution in [-0.2, 0) is 17.6 Å². The molecule has 0 radical (unpaired) electrons. The molecule has 1 aliphatic heterocycles. The third-order valence-electron chi connectivity index (χ3n) is 5.93. The average molecular weight is 410 g/mol. The van der Waals surface area contributed by atoms with E-state index in [1.54, 1.807) is 0 Å². The summed E-state index contributed by atoms with van der Waals surface area (Å²) in [5.41, 5.74) is 3.64. The Balaban J connectivity index is 1.31. The molecule has 1 unspecified atom stereocenters. The lowest BCUT2D eigenvalue weighted by Crippen LogP contribution is -2.38. The van der Waals surface area contributed by atoms with Crippen LogP contribution >= 0.6 is 0 Å². The van der Waals surface area contributed by atoms with Gasteiger partial charge in [0.05, 0.1) is 0 Å². The Morgan fingerprint density at radius 2 is 1.87 bits per heavy atom. The number of aryl methyl sites for hydroxylation is 2. The van der Waals surface area contributed by atoms with Crippen molar-refractivity contribution in [2.45, 2.75) is 76.8 Å². The zero-order chi connectivity index (χ0) is 21.2. The molecule has 1 aliphatic rings. The molecule has 0 aliphatic carbocycles. The molecule has 5 heteroatoms. The van der Waals surface area contributed by atoms with E-state index in [0.717, 1.165) is 62.9 Å². The number of benzene rings is 1. The largest absolute Gasteiger partial charge is 0.480 e. The molecule has 2 aromatic rings. The molecule has 0 saturated heterocycles. The van der Waals surface area contributed by atoms with Crippen LogP contribution in [0.4, 0.5) is 5.82 Å². The van der Waals surface area contributed by atoms with Crippen LogP contribution < -0.4 is 10.6 Å². The van der Waals surface area contributed by atoms with Gasteiger partial charge in [0.1, 0.15) is 11.9 Å². The molecule has 30 heavy (non-hydrogen) atoms. The molecule has 1 aromatic carbocycles. The van der Waals surface area contributed by atoms with E-state index < -0.39 is 12.0 Å². The summed E-state index contributed by atoms with van der Waals surface area (Å²) in [6, 6.07) is 13.9. The highest BCUT2D eigenvalue weighted by Gasteiger charge is 2.19. The zero-order valence-corrected chi connectivity index (χ0v) is 18.1. The van der Waals surface area contributed by atoms with Crippen LogP contribution in [0.3, 0.4) is 0 Å². The Morgan fingerprint density at radius 3 is 2.67 bits per heavy atom. The van der Waals surface area contributed by atoms with Crippen LogP contribution in [0, 0.1) is 0 Å². The van der Waals surface area contributed by atoms with E-state index in [-0.39, 0.29) is 6.04 Å². The lowest BCUT2D eigenvalue weighted by molar-refractivity contribution is -0.139. The van der Waals surface area contributed by atoms with Crippen LogP contribution in [-0.4, -0.2) is 28.6 Å². The molecule has 2 atom stereocenters. The SMILES string of the molecule is C[C@H](NC(CCCCCCCc1ccc2c(n1)NCCC2)C(=O)O)c1ccccc1. The fourth-order valence-corrected chi connectivity index (χ4v) is 4.11. The van der Waals surface area contributed by atoms with Crippen molar-refractivity contribution < 1.29 is 9.90 Å². The third kappa shape index (κ3) is 6.84. The summed E-state index contributed by atoms with van der Waals surface area (Å²) in [6.45, 7) is 3.05. The number of hydrogen-bond acceptors (Lipinski definition) is 4. The summed E-state index contributed by atoms with van der Waals surface area (Å²) in [6.07, 6.45) is 9.46. The number of aromatic nitrogens is 1. The van der Waals surface area contributed by atoms with E-state index in [2.05, 4.69) is 22.8 Å². The fourth-order valence-electron chi connectivity index (χ4n) is 4.11. The number of carboxylic acid groups (broad SMARTS) is 1. The highest BCUT2D eigenvalue weighted by atomic mass is 16.4. The first-order valence-corrected chi connectivity index (χ1v) is 11.4. The monoisotopic (exact) mass is 409 g/mol. The van der Waals surface area contributed by atoms with Crippen molar-refractivity contribution in [3.63, 3.8) is 0 Å². The van der Waals surface area contributed by atoms with Gasteiger partial charge in [-0.15, -0.1) is 0 Å². The van der Waals surface area contributed by atoms with Crippen LogP contribution in [0.25, 0.3) is 0 Å². The summed E-state index contributed by atoms with van der Waals surface area (Å²) in [4.78, 5) is 16.4. The lowest BCUT2D eigenvalue weighted by Gasteiger charge is -2.20. The first kappa shape index (κ1) is 22.3. The number of pyridine rings is 1. The molecule has 1 aromatic heterocycles. The maximum absolute atomic E-state index is 11.6. The molecule has 0 bridgehead atoms. The second kappa shape index (κ2) is 11.7. The first-order chi connectivity index (χ1) is 14.6. The molecule has 5 nitrogen and oxygen atoms in total. The van der Waals surface area contributed by atoms with Crippen molar-refractivity contribution in [1.29, 1.82) is 0 Å². The minimum Gasteiger partial charge on any atom is -0.480 e. The van der Waals surface area contributed by atoms with Gasteiger partial charge in [-0.1, -0.05) is 62.1 Å². The number of nitrogens with one attached hydrogen (secondary N) is 2. The number of aliphatic carboxylic acids is 1. The number of nitrogens with zero attached hydrogens (tertiary/aromatic N) is 1.